The summed E-state index contributed by atoms with van der Waals surface area (Å²) < 4.78 is 11.5. The van der Waals surface area contributed by atoms with Crippen LogP contribution in [0.4, 0.5) is 0 Å². The molecule has 0 amide bonds. The van der Waals surface area contributed by atoms with Gasteiger partial charge in [0.1, 0.15) is 18.1 Å². The van der Waals surface area contributed by atoms with Gasteiger partial charge in [-0.25, -0.2) is 0 Å². The van der Waals surface area contributed by atoms with E-state index in [0.717, 1.165) is 36.0 Å². The Morgan fingerprint density at radius 2 is 1.71 bits per heavy atom. The summed E-state index contributed by atoms with van der Waals surface area (Å²) in [6.45, 7) is 4.28. The molecule has 5 nitrogen and oxygen atoms in total. The maximum Gasteiger partial charge on any atom is 0.304 e. The zero-order chi connectivity index (χ0) is 24.6. The summed E-state index contributed by atoms with van der Waals surface area (Å²) in [5, 5.41) is 13.3. The summed E-state index contributed by atoms with van der Waals surface area (Å²) in [7, 11) is 0. The fraction of sp³-hybridized carbons (Fsp3) is 0.267. The molecule has 5 heteroatoms. The topological polar surface area (TPSA) is 72.6 Å². The largest absolute Gasteiger partial charge is 0.481 e. The fourth-order valence-corrected chi connectivity index (χ4v) is 4.25. The average molecular weight is 470 g/mol. The van der Waals surface area contributed by atoms with Gasteiger partial charge in [-0.15, -0.1) is 0 Å². The molecule has 35 heavy (non-hydrogen) atoms. The molecule has 3 aromatic carbocycles. The smallest absolute Gasteiger partial charge is 0.304 e. The Morgan fingerprint density at radius 3 is 2.37 bits per heavy atom. The van der Waals surface area contributed by atoms with Gasteiger partial charge in [-0.1, -0.05) is 84.7 Å². The first-order valence-electron chi connectivity index (χ1n) is 12.1. The van der Waals surface area contributed by atoms with Crippen molar-refractivity contribution in [3.8, 4) is 5.75 Å². The quantitative estimate of drug-likeness (QED) is 0.254. The monoisotopic (exact) mass is 469 g/mol. The third-order valence-corrected chi connectivity index (χ3v) is 6.18. The van der Waals surface area contributed by atoms with E-state index in [1.807, 2.05) is 24.3 Å². The Kier molecular flexibility index (Phi) is 7.99. The number of nitrogens with zero attached hydrogens (tertiary/aromatic N) is 1. The van der Waals surface area contributed by atoms with Crippen molar-refractivity contribution in [2.75, 3.05) is 0 Å². The first kappa shape index (κ1) is 24.3. The highest BCUT2D eigenvalue weighted by Gasteiger charge is 2.22. The molecule has 0 radical (unpaired) electrons. The molecule has 0 aliphatic rings. The highest BCUT2D eigenvalue weighted by atomic mass is 16.5. The lowest BCUT2D eigenvalue weighted by molar-refractivity contribution is -0.137. The van der Waals surface area contributed by atoms with Crippen LogP contribution in [0.25, 0.3) is 0 Å². The maximum atomic E-state index is 11.4. The van der Waals surface area contributed by atoms with Crippen LogP contribution in [0.15, 0.2) is 89.6 Å². The van der Waals surface area contributed by atoms with Gasteiger partial charge in [0.2, 0.25) is 0 Å². The molecular formula is C30H31NO4. The summed E-state index contributed by atoms with van der Waals surface area (Å²) >= 11 is 0. The molecule has 4 aromatic rings. The molecule has 0 bridgehead atoms. The zero-order valence-electron chi connectivity index (χ0n) is 20.2. The van der Waals surface area contributed by atoms with Gasteiger partial charge in [0.25, 0.3) is 0 Å². The second-order valence-corrected chi connectivity index (χ2v) is 8.90. The minimum atomic E-state index is -0.888. The van der Waals surface area contributed by atoms with Crippen molar-refractivity contribution < 1.29 is 19.2 Å². The van der Waals surface area contributed by atoms with E-state index in [4.69, 9.17) is 9.26 Å². The molecule has 4 rings (SSSR count). The van der Waals surface area contributed by atoms with Crippen LogP contribution >= 0.6 is 0 Å². The summed E-state index contributed by atoms with van der Waals surface area (Å²) in [4.78, 5) is 11.4. The van der Waals surface area contributed by atoms with Gasteiger partial charge in [0.05, 0.1) is 12.1 Å². The zero-order valence-corrected chi connectivity index (χ0v) is 20.2. The van der Waals surface area contributed by atoms with Crippen LogP contribution in [0.5, 0.6) is 5.75 Å². The average Bonchev–Trinajstić information content (AvgIpc) is 3.41. The van der Waals surface area contributed by atoms with Gasteiger partial charge in [0, 0.05) is 12.0 Å². The number of carboxylic acids is 1. The normalized spacial score (nSPS) is 12.7. The van der Waals surface area contributed by atoms with Crippen molar-refractivity contribution in [3.63, 3.8) is 0 Å². The first-order chi connectivity index (χ1) is 17.0. The molecule has 1 unspecified atom stereocenters. The van der Waals surface area contributed by atoms with Crippen molar-refractivity contribution in [1.29, 1.82) is 0 Å². The van der Waals surface area contributed by atoms with E-state index in [1.165, 1.54) is 17.4 Å². The van der Waals surface area contributed by atoms with Crippen molar-refractivity contribution in [2.45, 2.75) is 51.6 Å². The molecule has 0 aliphatic heterocycles. The molecule has 0 aliphatic carbocycles. The lowest BCUT2D eigenvalue weighted by atomic mass is 9.92. The highest BCUT2D eigenvalue weighted by molar-refractivity contribution is 5.68. The van der Waals surface area contributed by atoms with Crippen molar-refractivity contribution >= 4 is 5.97 Å². The van der Waals surface area contributed by atoms with Crippen LogP contribution < -0.4 is 4.74 Å². The number of carboxylic acid groups (broad SMARTS) is 1. The van der Waals surface area contributed by atoms with Gasteiger partial charge < -0.3 is 14.4 Å². The van der Waals surface area contributed by atoms with Crippen molar-refractivity contribution in [3.05, 3.63) is 119 Å². The first-order valence-corrected chi connectivity index (χ1v) is 12.1. The Morgan fingerprint density at radius 1 is 0.971 bits per heavy atom. The Balaban J connectivity index is 1.62. The SMILES string of the molecule is CCCCc1cccc(C(Oc2ccc([C@H](CC(=O)O)c3ccon3)cc2)c2ccc(C)cc2)c1. The van der Waals surface area contributed by atoms with E-state index in [1.54, 1.807) is 6.07 Å². The third-order valence-electron chi connectivity index (χ3n) is 6.18. The standard InChI is InChI=1S/C30H31NO4/c1-3-4-6-22-7-5-8-25(19-22)30(24-11-9-21(2)10-12-24)35-26-15-13-23(14-16-26)27(20-29(32)33)28-17-18-34-31-28/h5,7-19,27,30H,3-4,6,20H2,1-2H3,(H,32,33)/t27-,30?/m0/s1. The molecule has 0 saturated heterocycles. The molecule has 0 fully saturated rings. The predicted molar refractivity (Wildman–Crippen MR) is 136 cm³/mol. The number of ether oxygens (including phenoxy) is 1. The van der Waals surface area contributed by atoms with E-state index in [9.17, 15) is 9.90 Å². The van der Waals surface area contributed by atoms with Gasteiger partial charge in [0.15, 0.2) is 0 Å². The minimum Gasteiger partial charge on any atom is -0.481 e. The van der Waals surface area contributed by atoms with Gasteiger partial charge >= 0.3 is 5.97 Å². The van der Waals surface area contributed by atoms with Crippen molar-refractivity contribution in [2.24, 2.45) is 0 Å². The Hall–Kier alpha value is -3.86. The predicted octanol–water partition coefficient (Wildman–Crippen LogP) is 7.10. The van der Waals surface area contributed by atoms with Crippen LogP contribution in [0.2, 0.25) is 0 Å². The molecule has 2 atom stereocenters. The molecule has 0 spiro atoms. The summed E-state index contributed by atoms with van der Waals surface area (Å²) in [5.74, 6) is -0.559. The third kappa shape index (κ3) is 6.38. The molecule has 180 valence electrons. The van der Waals surface area contributed by atoms with E-state index in [-0.39, 0.29) is 18.4 Å². The number of hydrogen-bond donors (Lipinski definition) is 1. The van der Waals surface area contributed by atoms with Crippen LogP contribution in [0, 0.1) is 6.92 Å². The second-order valence-electron chi connectivity index (χ2n) is 8.90. The number of aryl methyl sites for hydroxylation is 2. The molecule has 1 aromatic heterocycles. The van der Waals surface area contributed by atoms with E-state index in [2.05, 4.69) is 67.5 Å². The highest BCUT2D eigenvalue weighted by Crippen LogP contribution is 2.32. The lowest BCUT2D eigenvalue weighted by Gasteiger charge is -2.22. The number of aliphatic carboxylic acids is 1. The number of hydrogen-bond acceptors (Lipinski definition) is 4. The number of benzene rings is 3. The molecular weight excluding hydrogens is 438 g/mol. The van der Waals surface area contributed by atoms with E-state index < -0.39 is 5.97 Å². The fourth-order valence-electron chi connectivity index (χ4n) is 4.25. The summed E-state index contributed by atoms with van der Waals surface area (Å²) in [6.07, 6.45) is 4.50. The molecule has 1 heterocycles. The Bertz CT molecular complexity index is 1210. The van der Waals surface area contributed by atoms with E-state index >= 15 is 0 Å². The van der Waals surface area contributed by atoms with Crippen LogP contribution in [0.3, 0.4) is 0 Å². The molecule has 0 saturated carbocycles. The minimum absolute atomic E-state index is 0.0662. The van der Waals surface area contributed by atoms with Crippen LogP contribution in [-0.2, 0) is 11.2 Å². The number of unbranched alkanes of at least 4 members (excludes halogenated alkanes) is 1. The van der Waals surface area contributed by atoms with Gasteiger partial charge in [-0.05, 0) is 54.2 Å². The second kappa shape index (κ2) is 11.5. The number of rotatable bonds is 11. The van der Waals surface area contributed by atoms with Gasteiger partial charge in [-0.2, -0.15) is 0 Å². The molecule has 1 N–H and O–H groups in total. The lowest BCUT2D eigenvalue weighted by Crippen LogP contribution is -2.11. The van der Waals surface area contributed by atoms with Crippen molar-refractivity contribution in [1.82, 2.24) is 5.16 Å². The van der Waals surface area contributed by atoms with Gasteiger partial charge in [-0.3, -0.25) is 4.79 Å². The van der Waals surface area contributed by atoms with Crippen LogP contribution in [0.1, 0.15) is 71.7 Å². The Labute approximate surface area is 206 Å². The summed E-state index contributed by atoms with van der Waals surface area (Å²) in [5.41, 5.74) is 6.15. The maximum absolute atomic E-state index is 11.4. The van der Waals surface area contributed by atoms with Crippen LogP contribution in [-0.4, -0.2) is 16.2 Å². The summed E-state index contributed by atoms with van der Waals surface area (Å²) in [6, 6.07) is 26.4. The van der Waals surface area contributed by atoms with E-state index in [0.29, 0.717) is 11.4 Å². The number of aromatic nitrogens is 1. The number of carbonyl (C=O) groups is 1.